The second kappa shape index (κ2) is 5.80. The zero-order chi connectivity index (χ0) is 12.3. The first-order valence-electron chi connectivity index (χ1n) is 6.29. The van der Waals surface area contributed by atoms with Crippen molar-refractivity contribution in [1.82, 2.24) is 0 Å². The molecule has 0 amide bonds. The van der Waals surface area contributed by atoms with Gasteiger partial charge in [0.1, 0.15) is 6.04 Å². The Morgan fingerprint density at radius 2 is 1.82 bits per heavy atom. The van der Waals surface area contributed by atoms with Gasteiger partial charge in [0.05, 0.1) is 20.3 Å². The predicted molar refractivity (Wildman–Crippen MR) is 61.1 cm³/mol. The molecule has 2 N–H and O–H groups in total. The minimum atomic E-state index is -0.480. The molecule has 5 nitrogen and oxygen atoms in total. The van der Waals surface area contributed by atoms with E-state index in [1.807, 2.05) is 0 Å². The van der Waals surface area contributed by atoms with Crippen LogP contribution in [0, 0.1) is 11.8 Å². The van der Waals surface area contributed by atoms with Crippen LogP contribution in [0.1, 0.15) is 25.7 Å². The molecule has 1 saturated carbocycles. The number of ether oxygens (including phenoxy) is 3. The summed E-state index contributed by atoms with van der Waals surface area (Å²) in [6.45, 7) is 1.40. The van der Waals surface area contributed by atoms with Crippen molar-refractivity contribution in [1.29, 1.82) is 0 Å². The zero-order valence-corrected chi connectivity index (χ0v) is 10.3. The number of carbonyl (C=O) groups is 1. The van der Waals surface area contributed by atoms with Gasteiger partial charge in [0, 0.05) is 5.92 Å². The molecule has 2 fully saturated rings. The minimum absolute atomic E-state index is 0.0368. The first-order valence-corrected chi connectivity index (χ1v) is 6.29. The summed E-state index contributed by atoms with van der Waals surface area (Å²) in [6.07, 6.45) is 3.89. The standard InChI is InChI=1S/C12H21NO4/c1-15-11(14)10(13)8-2-4-9(5-3-8)12-16-6-7-17-12/h8-10,12H,2-7,13H2,1H3/t8?,9?,10-/m1/s1. The number of hydrogen-bond acceptors (Lipinski definition) is 5. The molecule has 0 aromatic rings. The lowest BCUT2D eigenvalue weighted by atomic mass is 9.78. The van der Waals surface area contributed by atoms with Crippen LogP contribution in [0.5, 0.6) is 0 Å². The van der Waals surface area contributed by atoms with Crippen LogP contribution >= 0.6 is 0 Å². The highest BCUT2D eigenvalue weighted by atomic mass is 16.7. The Morgan fingerprint density at radius 1 is 1.24 bits per heavy atom. The fourth-order valence-electron chi connectivity index (χ4n) is 2.75. The lowest BCUT2D eigenvalue weighted by molar-refractivity contribution is -0.144. The molecule has 1 aliphatic carbocycles. The van der Waals surface area contributed by atoms with Crippen molar-refractivity contribution in [3.63, 3.8) is 0 Å². The van der Waals surface area contributed by atoms with Crippen molar-refractivity contribution in [2.24, 2.45) is 17.6 Å². The first-order chi connectivity index (χ1) is 8.22. The molecule has 0 bridgehead atoms. The van der Waals surface area contributed by atoms with Crippen LogP contribution in [0.15, 0.2) is 0 Å². The Bertz CT molecular complexity index is 257. The maximum atomic E-state index is 11.4. The Kier molecular flexibility index (Phi) is 4.36. The van der Waals surface area contributed by atoms with Crippen molar-refractivity contribution in [3.05, 3.63) is 0 Å². The van der Waals surface area contributed by atoms with Gasteiger partial charge in [-0.25, -0.2) is 0 Å². The number of hydrogen-bond donors (Lipinski definition) is 1. The Hall–Kier alpha value is -0.650. The topological polar surface area (TPSA) is 70.8 Å². The van der Waals surface area contributed by atoms with Crippen molar-refractivity contribution in [3.8, 4) is 0 Å². The van der Waals surface area contributed by atoms with Crippen molar-refractivity contribution < 1.29 is 19.0 Å². The molecule has 0 spiro atoms. The van der Waals surface area contributed by atoms with Gasteiger partial charge in [-0.1, -0.05) is 0 Å². The van der Waals surface area contributed by atoms with E-state index >= 15 is 0 Å². The molecule has 1 saturated heterocycles. The van der Waals surface area contributed by atoms with Crippen LogP contribution in [0.4, 0.5) is 0 Å². The van der Waals surface area contributed by atoms with Crippen molar-refractivity contribution in [2.45, 2.75) is 38.0 Å². The quantitative estimate of drug-likeness (QED) is 0.737. The fourth-order valence-corrected chi connectivity index (χ4v) is 2.75. The molecule has 5 heteroatoms. The Morgan fingerprint density at radius 3 is 2.35 bits per heavy atom. The third kappa shape index (κ3) is 2.97. The van der Waals surface area contributed by atoms with Gasteiger partial charge in [-0.3, -0.25) is 4.79 Å². The molecule has 1 aliphatic heterocycles. The number of methoxy groups -OCH3 is 1. The molecule has 1 heterocycles. The van der Waals surface area contributed by atoms with E-state index in [4.69, 9.17) is 15.2 Å². The molecule has 0 radical (unpaired) electrons. The highest BCUT2D eigenvalue weighted by molar-refractivity contribution is 5.75. The number of carbonyl (C=O) groups excluding carboxylic acids is 1. The van der Waals surface area contributed by atoms with Gasteiger partial charge in [0.2, 0.25) is 0 Å². The first kappa shape index (κ1) is 12.8. The van der Waals surface area contributed by atoms with Crippen molar-refractivity contribution in [2.75, 3.05) is 20.3 Å². The monoisotopic (exact) mass is 243 g/mol. The second-order valence-corrected chi connectivity index (χ2v) is 4.83. The average Bonchev–Trinajstić information content (AvgIpc) is 2.91. The summed E-state index contributed by atoms with van der Waals surface area (Å²) in [4.78, 5) is 11.4. The van der Waals surface area contributed by atoms with Crippen LogP contribution < -0.4 is 5.73 Å². The van der Waals surface area contributed by atoms with E-state index in [-0.39, 0.29) is 18.2 Å². The van der Waals surface area contributed by atoms with E-state index in [0.717, 1.165) is 25.7 Å². The van der Waals surface area contributed by atoms with E-state index in [0.29, 0.717) is 19.1 Å². The molecule has 17 heavy (non-hydrogen) atoms. The highest BCUT2D eigenvalue weighted by Gasteiger charge is 2.35. The second-order valence-electron chi connectivity index (χ2n) is 4.83. The summed E-state index contributed by atoms with van der Waals surface area (Å²) < 4.78 is 15.7. The molecular weight excluding hydrogens is 222 g/mol. The highest BCUT2D eigenvalue weighted by Crippen LogP contribution is 2.34. The van der Waals surface area contributed by atoms with Gasteiger partial charge in [-0.2, -0.15) is 0 Å². The van der Waals surface area contributed by atoms with E-state index < -0.39 is 6.04 Å². The molecular formula is C12H21NO4. The zero-order valence-electron chi connectivity index (χ0n) is 10.3. The van der Waals surface area contributed by atoms with Crippen LogP contribution in [0.25, 0.3) is 0 Å². The molecule has 0 unspecified atom stereocenters. The summed E-state index contributed by atoms with van der Waals surface area (Å²) in [5, 5.41) is 0. The van der Waals surface area contributed by atoms with E-state index in [1.54, 1.807) is 0 Å². The molecule has 0 aromatic carbocycles. The molecule has 2 aliphatic rings. The van der Waals surface area contributed by atoms with E-state index in [1.165, 1.54) is 7.11 Å². The van der Waals surface area contributed by atoms with Gasteiger partial charge >= 0.3 is 5.97 Å². The normalized spacial score (nSPS) is 32.4. The van der Waals surface area contributed by atoms with Gasteiger partial charge in [0.15, 0.2) is 6.29 Å². The minimum Gasteiger partial charge on any atom is -0.468 e. The van der Waals surface area contributed by atoms with Crippen molar-refractivity contribution >= 4 is 5.97 Å². The van der Waals surface area contributed by atoms with Crippen LogP contribution in [-0.4, -0.2) is 38.6 Å². The number of rotatable bonds is 3. The maximum absolute atomic E-state index is 11.4. The average molecular weight is 243 g/mol. The third-order valence-electron chi connectivity index (χ3n) is 3.83. The predicted octanol–water partition coefficient (Wildman–Crippen LogP) is 0.666. The lowest BCUT2D eigenvalue weighted by Crippen LogP contribution is -2.41. The summed E-state index contributed by atoms with van der Waals surface area (Å²) >= 11 is 0. The summed E-state index contributed by atoms with van der Waals surface area (Å²) in [7, 11) is 1.38. The van der Waals surface area contributed by atoms with Gasteiger partial charge < -0.3 is 19.9 Å². The largest absolute Gasteiger partial charge is 0.468 e. The summed E-state index contributed by atoms with van der Waals surface area (Å²) in [5.41, 5.74) is 5.86. The van der Waals surface area contributed by atoms with Crippen LogP contribution in [0.3, 0.4) is 0 Å². The van der Waals surface area contributed by atoms with Gasteiger partial charge in [0.25, 0.3) is 0 Å². The van der Waals surface area contributed by atoms with Gasteiger partial charge in [-0.05, 0) is 31.6 Å². The SMILES string of the molecule is COC(=O)[C@H](N)C1CCC(C2OCCO2)CC1. The number of esters is 1. The van der Waals surface area contributed by atoms with E-state index in [9.17, 15) is 4.79 Å². The maximum Gasteiger partial charge on any atom is 0.322 e. The van der Waals surface area contributed by atoms with Crippen LogP contribution in [-0.2, 0) is 19.0 Å². The third-order valence-corrected chi connectivity index (χ3v) is 3.83. The molecule has 2 rings (SSSR count). The summed E-state index contributed by atoms with van der Waals surface area (Å²) in [6, 6.07) is -0.480. The van der Waals surface area contributed by atoms with Crippen LogP contribution in [0.2, 0.25) is 0 Å². The smallest absolute Gasteiger partial charge is 0.322 e. The molecule has 1 atom stereocenters. The lowest BCUT2D eigenvalue weighted by Gasteiger charge is -2.32. The molecule has 98 valence electrons. The van der Waals surface area contributed by atoms with E-state index in [2.05, 4.69) is 4.74 Å². The number of nitrogens with two attached hydrogens (primary N) is 1. The fraction of sp³-hybridized carbons (Fsp3) is 0.917. The molecule has 0 aromatic heterocycles. The van der Waals surface area contributed by atoms with Gasteiger partial charge in [-0.15, -0.1) is 0 Å². The summed E-state index contributed by atoms with van der Waals surface area (Å²) in [5.74, 6) is 0.389. The Balaban J connectivity index is 1.79. The Labute approximate surface area is 102 Å².